The lowest BCUT2D eigenvalue weighted by atomic mass is 9.99. The lowest BCUT2D eigenvalue weighted by molar-refractivity contribution is 0.0552. The van der Waals surface area contributed by atoms with Gasteiger partial charge >= 0.3 is 0 Å². The molecule has 2 N–H and O–H groups in total. The van der Waals surface area contributed by atoms with Crippen molar-refractivity contribution in [3.63, 3.8) is 0 Å². The molecular formula is C24H40N2O4. The Labute approximate surface area is 181 Å². The van der Waals surface area contributed by atoms with Crippen molar-refractivity contribution in [1.82, 2.24) is 9.80 Å². The second-order valence-electron chi connectivity index (χ2n) is 9.37. The van der Waals surface area contributed by atoms with Crippen LogP contribution < -0.4 is 9.47 Å². The van der Waals surface area contributed by atoms with Gasteiger partial charge in [0.25, 0.3) is 0 Å². The van der Waals surface area contributed by atoms with Crippen LogP contribution in [0.3, 0.4) is 0 Å². The van der Waals surface area contributed by atoms with Gasteiger partial charge in [-0.2, -0.15) is 0 Å². The van der Waals surface area contributed by atoms with Crippen LogP contribution in [0.1, 0.15) is 39.5 Å². The number of aliphatic hydroxyl groups is 2. The fourth-order valence-electron chi connectivity index (χ4n) is 4.21. The second-order valence-corrected chi connectivity index (χ2v) is 9.37. The van der Waals surface area contributed by atoms with Crippen molar-refractivity contribution in [3.05, 3.63) is 24.3 Å². The Morgan fingerprint density at radius 3 is 1.40 bits per heavy atom. The maximum atomic E-state index is 10.3. The van der Waals surface area contributed by atoms with Gasteiger partial charge in [0, 0.05) is 13.1 Å². The highest BCUT2D eigenvalue weighted by atomic mass is 16.5. The Morgan fingerprint density at radius 2 is 1.07 bits per heavy atom. The predicted molar refractivity (Wildman–Crippen MR) is 119 cm³/mol. The lowest BCUT2D eigenvalue weighted by Crippen LogP contribution is -2.40. The Bertz CT molecular complexity index is 543. The first-order chi connectivity index (χ1) is 14.5. The SMILES string of the molecule is CC1CCN(C[C@H](O)COc2ccc(OC[C@H](O)CN3CCC(C)CC3)cc2)CC1. The standard InChI is InChI=1S/C24H40N2O4/c1-19-7-11-25(12-8-19)15-21(27)17-29-23-3-5-24(6-4-23)30-18-22(28)16-26-13-9-20(2)10-14-26/h3-6,19-22,27-28H,7-18H2,1-2H3/t21-,22+. The van der Waals surface area contributed by atoms with E-state index in [0.29, 0.717) is 26.3 Å². The fraction of sp³-hybridized carbons (Fsp3) is 0.750. The van der Waals surface area contributed by atoms with Crippen LogP contribution in [0.4, 0.5) is 0 Å². The van der Waals surface area contributed by atoms with E-state index in [1.54, 1.807) is 0 Å². The van der Waals surface area contributed by atoms with Crippen LogP contribution in [0.15, 0.2) is 24.3 Å². The first kappa shape index (κ1) is 23.3. The summed E-state index contributed by atoms with van der Waals surface area (Å²) in [7, 11) is 0. The zero-order valence-electron chi connectivity index (χ0n) is 18.7. The molecule has 0 bridgehead atoms. The van der Waals surface area contributed by atoms with Gasteiger partial charge in [0.2, 0.25) is 0 Å². The highest BCUT2D eigenvalue weighted by molar-refractivity contribution is 5.31. The molecule has 0 saturated carbocycles. The molecule has 0 amide bonds. The maximum Gasteiger partial charge on any atom is 0.119 e. The van der Waals surface area contributed by atoms with Crippen molar-refractivity contribution in [2.75, 3.05) is 52.5 Å². The average molecular weight is 421 g/mol. The summed E-state index contributed by atoms with van der Waals surface area (Å²) < 4.78 is 11.5. The highest BCUT2D eigenvalue weighted by Crippen LogP contribution is 2.20. The van der Waals surface area contributed by atoms with E-state index < -0.39 is 12.2 Å². The Morgan fingerprint density at radius 1 is 0.733 bits per heavy atom. The van der Waals surface area contributed by atoms with Crippen LogP contribution in [0.2, 0.25) is 0 Å². The minimum atomic E-state index is -0.484. The molecule has 2 heterocycles. The van der Waals surface area contributed by atoms with Crippen molar-refractivity contribution in [2.24, 2.45) is 11.8 Å². The van der Waals surface area contributed by atoms with Gasteiger partial charge in [-0.3, -0.25) is 0 Å². The molecule has 2 saturated heterocycles. The molecule has 30 heavy (non-hydrogen) atoms. The third-order valence-electron chi connectivity index (χ3n) is 6.40. The van der Waals surface area contributed by atoms with E-state index in [-0.39, 0.29) is 0 Å². The van der Waals surface area contributed by atoms with Crippen molar-refractivity contribution < 1.29 is 19.7 Å². The molecule has 0 aromatic heterocycles. The van der Waals surface area contributed by atoms with Crippen molar-refractivity contribution in [1.29, 1.82) is 0 Å². The third kappa shape index (κ3) is 8.06. The molecule has 0 unspecified atom stereocenters. The van der Waals surface area contributed by atoms with Crippen LogP contribution in [0.5, 0.6) is 11.5 Å². The molecule has 0 radical (unpaired) electrons. The molecule has 2 aliphatic heterocycles. The van der Waals surface area contributed by atoms with Crippen LogP contribution in [0.25, 0.3) is 0 Å². The Hall–Kier alpha value is -1.34. The van der Waals surface area contributed by atoms with Gasteiger partial charge in [0.05, 0.1) is 0 Å². The molecule has 0 aliphatic carbocycles. The number of hydrogen-bond acceptors (Lipinski definition) is 6. The number of piperidine rings is 2. The molecule has 6 heteroatoms. The van der Waals surface area contributed by atoms with E-state index >= 15 is 0 Å². The number of β-amino-alcohol motifs (C(OH)–C–C–N with tert-alkyl or cyclic N) is 2. The van der Waals surface area contributed by atoms with Gasteiger partial charge in [-0.1, -0.05) is 13.8 Å². The van der Waals surface area contributed by atoms with Gasteiger partial charge in [0.15, 0.2) is 0 Å². The Balaban J connectivity index is 1.31. The van der Waals surface area contributed by atoms with Crippen LogP contribution in [-0.4, -0.2) is 84.7 Å². The Kier molecular flexibility index (Phi) is 9.25. The molecular weight excluding hydrogens is 380 g/mol. The molecule has 3 rings (SSSR count). The first-order valence-corrected chi connectivity index (χ1v) is 11.6. The summed E-state index contributed by atoms with van der Waals surface area (Å²) in [5.41, 5.74) is 0. The van der Waals surface area contributed by atoms with Crippen molar-refractivity contribution >= 4 is 0 Å². The normalized spacial score (nSPS) is 22.0. The number of hydrogen-bond donors (Lipinski definition) is 2. The number of aliphatic hydroxyl groups excluding tert-OH is 2. The number of rotatable bonds is 10. The summed E-state index contributed by atoms with van der Waals surface area (Å²) in [6, 6.07) is 7.40. The summed E-state index contributed by atoms with van der Waals surface area (Å²) >= 11 is 0. The number of likely N-dealkylation sites (tertiary alicyclic amines) is 2. The highest BCUT2D eigenvalue weighted by Gasteiger charge is 2.19. The number of ether oxygens (including phenoxy) is 2. The zero-order chi connectivity index (χ0) is 21.3. The quantitative estimate of drug-likeness (QED) is 0.607. The van der Waals surface area contributed by atoms with E-state index in [1.807, 2.05) is 24.3 Å². The van der Waals surface area contributed by atoms with E-state index in [1.165, 1.54) is 25.7 Å². The summed E-state index contributed by atoms with van der Waals surface area (Å²) in [5.74, 6) is 3.03. The predicted octanol–water partition coefficient (Wildman–Crippen LogP) is 2.63. The van der Waals surface area contributed by atoms with Gasteiger partial charge in [0.1, 0.15) is 36.9 Å². The van der Waals surface area contributed by atoms with Gasteiger partial charge in [-0.05, 0) is 88.0 Å². The maximum absolute atomic E-state index is 10.3. The molecule has 170 valence electrons. The van der Waals surface area contributed by atoms with Gasteiger partial charge in [-0.25, -0.2) is 0 Å². The van der Waals surface area contributed by atoms with Crippen molar-refractivity contribution in [2.45, 2.75) is 51.7 Å². The molecule has 1 aromatic rings. The zero-order valence-corrected chi connectivity index (χ0v) is 18.7. The van der Waals surface area contributed by atoms with E-state index in [4.69, 9.17) is 9.47 Å². The van der Waals surface area contributed by atoms with Crippen LogP contribution >= 0.6 is 0 Å². The summed E-state index contributed by atoms with van der Waals surface area (Å²) in [6.45, 7) is 10.8. The average Bonchev–Trinajstić information content (AvgIpc) is 2.75. The van der Waals surface area contributed by atoms with E-state index in [2.05, 4.69) is 23.6 Å². The van der Waals surface area contributed by atoms with Crippen molar-refractivity contribution in [3.8, 4) is 11.5 Å². The van der Waals surface area contributed by atoms with Crippen LogP contribution in [-0.2, 0) is 0 Å². The van der Waals surface area contributed by atoms with E-state index in [9.17, 15) is 10.2 Å². The first-order valence-electron chi connectivity index (χ1n) is 11.6. The summed E-state index contributed by atoms with van der Waals surface area (Å²) in [4.78, 5) is 4.64. The molecule has 0 spiro atoms. The largest absolute Gasteiger partial charge is 0.491 e. The second kappa shape index (κ2) is 11.9. The third-order valence-corrected chi connectivity index (χ3v) is 6.40. The molecule has 2 aliphatic rings. The lowest BCUT2D eigenvalue weighted by Gasteiger charge is -2.31. The van der Waals surface area contributed by atoms with Gasteiger partial charge in [-0.15, -0.1) is 0 Å². The monoisotopic (exact) mass is 420 g/mol. The number of nitrogens with zero attached hydrogens (tertiary/aromatic N) is 2. The fourth-order valence-corrected chi connectivity index (χ4v) is 4.21. The summed E-state index contributed by atoms with van der Waals surface area (Å²) in [6.07, 6.45) is 3.87. The molecule has 2 atom stereocenters. The minimum absolute atomic E-state index is 0.291. The van der Waals surface area contributed by atoms with Gasteiger partial charge < -0.3 is 29.5 Å². The molecule has 2 fully saturated rings. The smallest absolute Gasteiger partial charge is 0.119 e. The molecule has 6 nitrogen and oxygen atoms in total. The van der Waals surface area contributed by atoms with Crippen LogP contribution in [0, 0.1) is 11.8 Å². The number of benzene rings is 1. The van der Waals surface area contributed by atoms with E-state index in [0.717, 1.165) is 49.5 Å². The topological polar surface area (TPSA) is 65.4 Å². The minimum Gasteiger partial charge on any atom is -0.491 e. The summed E-state index contributed by atoms with van der Waals surface area (Å²) in [5, 5.41) is 20.5. The molecule has 1 aromatic carbocycles.